The molecular weight excluding hydrogens is 755 g/mol. The van der Waals surface area contributed by atoms with Crippen molar-refractivity contribution in [1.82, 2.24) is 31.5 Å². The zero-order valence-electron chi connectivity index (χ0n) is 33.9. The highest BCUT2D eigenvalue weighted by atomic mass is 16.4. The molecule has 0 spiro atoms. The van der Waals surface area contributed by atoms with Gasteiger partial charge in [0.1, 0.15) is 30.2 Å². The van der Waals surface area contributed by atoms with Crippen LogP contribution in [-0.4, -0.2) is 101 Å². The third kappa shape index (κ3) is 14.1. The molecule has 0 aromatic heterocycles. The van der Waals surface area contributed by atoms with Crippen LogP contribution in [0, 0.1) is 5.41 Å². The Bertz CT molecular complexity index is 1930. The molecule has 11 N–H and O–H groups in total. The molecule has 1 aliphatic rings. The number of hydrogen-bond donors (Lipinski definition) is 9. The van der Waals surface area contributed by atoms with Gasteiger partial charge in [-0.05, 0) is 67.3 Å². The lowest BCUT2D eigenvalue weighted by atomic mass is 9.97. The van der Waals surface area contributed by atoms with Crippen LogP contribution in [0.25, 0.3) is 10.8 Å². The molecule has 0 radical (unpaired) electrons. The zero-order chi connectivity index (χ0) is 42.9. The lowest BCUT2D eigenvalue weighted by Gasteiger charge is -2.37. The number of amides is 5. The van der Waals surface area contributed by atoms with E-state index in [1.54, 1.807) is 30.3 Å². The smallest absolute Gasteiger partial charge is 0.326 e. The van der Waals surface area contributed by atoms with E-state index in [1.165, 1.54) is 11.8 Å². The first kappa shape index (κ1) is 45.7. The largest absolute Gasteiger partial charge is 0.480 e. The van der Waals surface area contributed by atoms with Crippen molar-refractivity contribution in [2.75, 3.05) is 13.1 Å². The minimum atomic E-state index is -1.26. The maximum atomic E-state index is 14.3. The van der Waals surface area contributed by atoms with Gasteiger partial charge in [-0.25, -0.2) is 4.79 Å². The van der Waals surface area contributed by atoms with E-state index in [-0.39, 0.29) is 44.1 Å². The number of carboxylic acids is 1. The Morgan fingerprint density at radius 1 is 0.780 bits per heavy atom. The van der Waals surface area contributed by atoms with Crippen LogP contribution in [0.5, 0.6) is 0 Å². The van der Waals surface area contributed by atoms with E-state index in [4.69, 9.17) is 16.9 Å². The topological polar surface area (TPSA) is 262 Å². The predicted molar refractivity (Wildman–Crippen MR) is 225 cm³/mol. The number of nitrogens with zero attached hydrogens (tertiary/aromatic N) is 1. The molecule has 5 amide bonds. The summed E-state index contributed by atoms with van der Waals surface area (Å²) >= 11 is 0. The number of piperidine rings is 1. The van der Waals surface area contributed by atoms with Crippen LogP contribution in [0.2, 0.25) is 0 Å². The fraction of sp³-hybridized carbons (Fsp3) is 0.465. The van der Waals surface area contributed by atoms with Gasteiger partial charge in [0.15, 0.2) is 5.96 Å². The number of hydrogen-bond acceptors (Lipinski definition) is 8. The fourth-order valence-corrected chi connectivity index (χ4v) is 7.10. The number of benzene rings is 3. The van der Waals surface area contributed by atoms with Gasteiger partial charge < -0.3 is 48.1 Å². The third-order valence-electron chi connectivity index (χ3n) is 10.4. The number of aliphatic carboxylic acids is 1. The molecule has 1 saturated heterocycles. The van der Waals surface area contributed by atoms with E-state index in [9.17, 15) is 33.9 Å². The Hall–Kier alpha value is -6.03. The zero-order valence-corrected chi connectivity index (χ0v) is 33.9. The Kier molecular flexibility index (Phi) is 17.6. The van der Waals surface area contributed by atoms with Crippen LogP contribution in [0.15, 0.2) is 72.8 Å². The van der Waals surface area contributed by atoms with Gasteiger partial charge in [0.05, 0.1) is 6.04 Å². The SMILES string of the molecule is CCCC[C@@H](N)C(=O)N1CCCC[C@H]1C(=O)N[C@@H](Cc1ccc2ccccc2c1)C(=O)N[C@@H](CCCNC(=N)N)C(=O)N[C@@H](C)C(=O)N[C@H](Cc1ccccc1)C(=O)O. The number of nitrogens with one attached hydrogen (secondary N) is 6. The molecule has 0 aliphatic carbocycles. The summed E-state index contributed by atoms with van der Waals surface area (Å²) < 4.78 is 0. The van der Waals surface area contributed by atoms with Crippen molar-refractivity contribution in [3.05, 3.63) is 83.9 Å². The van der Waals surface area contributed by atoms with Gasteiger partial charge in [-0.1, -0.05) is 92.6 Å². The predicted octanol–water partition coefficient (Wildman–Crippen LogP) is 1.83. The normalized spacial score (nSPS) is 16.4. The number of nitrogens with two attached hydrogens (primary N) is 2. The molecule has 3 aromatic carbocycles. The van der Waals surface area contributed by atoms with Crippen molar-refractivity contribution in [3.63, 3.8) is 0 Å². The van der Waals surface area contributed by atoms with Crippen LogP contribution >= 0.6 is 0 Å². The summed E-state index contributed by atoms with van der Waals surface area (Å²) in [5.41, 5.74) is 13.1. The molecule has 0 saturated carbocycles. The van der Waals surface area contributed by atoms with Crippen molar-refractivity contribution >= 4 is 52.2 Å². The summed E-state index contributed by atoms with van der Waals surface area (Å²) in [6, 6.07) is 15.7. The number of likely N-dealkylation sites (tertiary alicyclic amines) is 1. The van der Waals surface area contributed by atoms with Gasteiger partial charge in [-0.2, -0.15) is 0 Å². The minimum absolute atomic E-state index is 0.0210. The van der Waals surface area contributed by atoms with Gasteiger partial charge in [0.2, 0.25) is 29.5 Å². The second-order valence-electron chi connectivity index (χ2n) is 15.1. The minimum Gasteiger partial charge on any atom is -0.480 e. The average Bonchev–Trinajstić information content (AvgIpc) is 3.22. The summed E-state index contributed by atoms with van der Waals surface area (Å²) in [6.07, 6.45) is 4.34. The number of carbonyl (C=O) groups excluding carboxylic acids is 5. The highest BCUT2D eigenvalue weighted by molar-refractivity contribution is 5.96. The average molecular weight is 814 g/mol. The Morgan fingerprint density at radius 2 is 1.44 bits per heavy atom. The van der Waals surface area contributed by atoms with Gasteiger partial charge in [0.25, 0.3) is 0 Å². The maximum Gasteiger partial charge on any atom is 0.326 e. The molecule has 0 bridgehead atoms. The lowest BCUT2D eigenvalue weighted by molar-refractivity contribution is -0.144. The molecule has 59 heavy (non-hydrogen) atoms. The van der Waals surface area contributed by atoms with Crippen molar-refractivity contribution in [2.24, 2.45) is 11.5 Å². The first-order valence-electron chi connectivity index (χ1n) is 20.4. The standard InChI is InChI=1S/C43H59N9O7/c1-3-4-17-32(44)41(57)52-23-11-10-19-36(52)40(56)50-34(26-29-20-21-30-15-8-9-16-31(30)24-29)39(55)49-33(18-12-22-47-43(45)46)38(54)48-27(2)37(53)51-35(42(58)59)25-28-13-6-5-7-14-28/h5-9,13-16,20-21,24,27,32-36H,3-4,10-12,17-19,22-23,25-26,44H2,1-2H3,(H,48,54)(H,49,55)(H,50,56)(H,51,53)(H,58,59)(H4,45,46,47)/t27-,32+,33-,34-,35+,36-/m0/s1. The first-order valence-corrected chi connectivity index (χ1v) is 20.4. The van der Waals surface area contributed by atoms with Crippen LogP contribution in [0.1, 0.15) is 76.3 Å². The molecule has 4 rings (SSSR count). The quantitative estimate of drug-likeness (QED) is 0.0428. The molecule has 1 aliphatic heterocycles. The van der Waals surface area contributed by atoms with E-state index in [0.717, 1.165) is 29.2 Å². The Labute approximate surface area is 345 Å². The first-order chi connectivity index (χ1) is 28.3. The van der Waals surface area contributed by atoms with Crippen LogP contribution in [0.4, 0.5) is 0 Å². The van der Waals surface area contributed by atoms with Crippen molar-refractivity contribution in [1.29, 1.82) is 5.41 Å². The molecule has 6 atom stereocenters. The Morgan fingerprint density at radius 3 is 2.14 bits per heavy atom. The molecule has 318 valence electrons. The molecule has 0 unspecified atom stereocenters. The lowest BCUT2D eigenvalue weighted by Crippen LogP contribution is -2.60. The number of carbonyl (C=O) groups is 6. The third-order valence-corrected chi connectivity index (χ3v) is 10.4. The Balaban J connectivity index is 1.55. The summed E-state index contributed by atoms with van der Waals surface area (Å²) in [5, 5.41) is 32.6. The van der Waals surface area contributed by atoms with Gasteiger partial charge in [-0.3, -0.25) is 29.4 Å². The van der Waals surface area contributed by atoms with Crippen LogP contribution in [0.3, 0.4) is 0 Å². The van der Waals surface area contributed by atoms with Crippen molar-refractivity contribution in [3.8, 4) is 0 Å². The number of unbranched alkanes of at least 4 members (excludes halogenated alkanes) is 1. The monoisotopic (exact) mass is 813 g/mol. The van der Waals surface area contributed by atoms with Gasteiger partial charge >= 0.3 is 5.97 Å². The van der Waals surface area contributed by atoms with Gasteiger partial charge in [-0.15, -0.1) is 0 Å². The molecular formula is C43H59N9O7. The maximum absolute atomic E-state index is 14.3. The number of fused-ring (bicyclic) bond motifs is 1. The van der Waals surface area contributed by atoms with Gasteiger partial charge in [0, 0.05) is 25.9 Å². The summed E-state index contributed by atoms with van der Waals surface area (Å²) in [6.45, 7) is 3.97. The summed E-state index contributed by atoms with van der Waals surface area (Å²) in [4.78, 5) is 82.5. The highest BCUT2D eigenvalue weighted by Crippen LogP contribution is 2.21. The summed E-state index contributed by atoms with van der Waals surface area (Å²) in [7, 11) is 0. The van der Waals surface area contributed by atoms with E-state index < -0.39 is 65.8 Å². The molecule has 16 heteroatoms. The van der Waals surface area contributed by atoms with Crippen molar-refractivity contribution in [2.45, 2.75) is 114 Å². The second kappa shape index (κ2) is 22.8. The van der Waals surface area contributed by atoms with Crippen LogP contribution in [-0.2, 0) is 41.6 Å². The fourth-order valence-electron chi connectivity index (χ4n) is 7.10. The highest BCUT2D eigenvalue weighted by Gasteiger charge is 2.37. The number of carboxylic acid groups (broad SMARTS) is 1. The summed E-state index contributed by atoms with van der Waals surface area (Å²) in [5.74, 6) is -4.48. The second-order valence-corrected chi connectivity index (χ2v) is 15.1. The molecule has 1 fully saturated rings. The van der Waals surface area contributed by atoms with E-state index in [0.29, 0.717) is 37.8 Å². The number of rotatable bonds is 21. The molecule has 1 heterocycles. The van der Waals surface area contributed by atoms with Crippen molar-refractivity contribution < 1.29 is 33.9 Å². The molecule has 16 nitrogen and oxygen atoms in total. The van der Waals surface area contributed by atoms with E-state index >= 15 is 0 Å². The van der Waals surface area contributed by atoms with E-state index in [2.05, 4.69) is 26.6 Å². The van der Waals surface area contributed by atoms with Crippen LogP contribution < -0.4 is 38.1 Å². The number of guanidine groups is 1. The molecule has 3 aromatic rings. The van der Waals surface area contributed by atoms with E-state index in [1.807, 2.05) is 49.4 Å².